The predicted octanol–water partition coefficient (Wildman–Crippen LogP) is 1.77. The Morgan fingerprint density at radius 3 is 1.95 bits per heavy atom. The lowest BCUT2D eigenvalue weighted by molar-refractivity contribution is -0.143. The van der Waals surface area contributed by atoms with Gasteiger partial charge in [0, 0.05) is 25.0 Å². The Kier molecular flexibility index (Phi) is 8.46. The minimum atomic E-state index is -0.431. The summed E-state index contributed by atoms with van der Waals surface area (Å²) in [7, 11) is 1.37. The molecule has 0 saturated heterocycles. The number of methoxy groups -OCH3 is 1. The highest BCUT2D eigenvalue weighted by molar-refractivity contribution is 5.82. The molecule has 0 radical (unpaired) electrons. The summed E-state index contributed by atoms with van der Waals surface area (Å²) in [5.41, 5.74) is -0.431. The van der Waals surface area contributed by atoms with Gasteiger partial charge in [0.1, 0.15) is 0 Å². The minimum absolute atomic E-state index is 0.0774. The SMILES string of the molecule is CCN(CC)CCN(CCC(=O)OC)C(=O)C(C)(C)C. The van der Waals surface area contributed by atoms with Crippen molar-refractivity contribution in [2.75, 3.05) is 39.8 Å². The van der Waals surface area contributed by atoms with Gasteiger partial charge in [-0.15, -0.1) is 0 Å². The number of carbonyl (C=O) groups is 2. The van der Waals surface area contributed by atoms with Gasteiger partial charge in [0.2, 0.25) is 5.91 Å². The van der Waals surface area contributed by atoms with Crippen LogP contribution in [0.15, 0.2) is 0 Å². The molecule has 0 fully saturated rings. The van der Waals surface area contributed by atoms with Crippen LogP contribution in [-0.4, -0.2) is 61.5 Å². The molecule has 1 amide bonds. The highest BCUT2D eigenvalue weighted by atomic mass is 16.5. The maximum Gasteiger partial charge on any atom is 0.307 e. The van der Waals surface area contributed by atoms with E-state index >= 15 is 0 Å². The van der Waals surface area contributed by atoms with Crippen LogP contribution in [0.4, 0.5) is 0 Å². The molecule has 0 aromatic carbocycles. The number of carbonyl (C=O) groups excluding carboxylic acids is 2. The highest BCUT2D eigenvalue weighted by Crippen LogP contribution is 2.17. The predicted molar refractivity (Wildman–Crippen MR) is 80.5 cm³/mol. The molecule has 0 atom stereocenters. The van der Waals surface area contributed by atoms with E-state index < -0.39 is 5.41 Å². The fourth-order valence-corrected chi connectivity index (χ4v) is 1.92. The van der Waals surface area contributed by atoms with Crippen LogP contribution in [-0.2, 0) is 14.3 Å². The molecule has 0 N–H and O–H groups in total. The Morgan fingerprint density at radius 1 is 1.00 bits per heavy atom. The van der Waals surface area contributed by atoms with E-state index in [9.17, 15) is 9.59 Å². The lowest BCUT2D eigenvalue weighted by atomic mass is 9.94. The van der Waals surface area contributed by atoms with Crippen molar-refractivity contribution in [3.05, 3.63) is 0 Å². The molecule has 0 rings (SSSR count). The van der Waals surface area contributed by atoms with Gasteiger partial charge in [-0.3, -0.25) is 9.59 Å². The van der Waals surface area contributed by atoms with Gasteiger partial charge in [-0.05, 0) is 13.1 Å². The fourth-order valence-electron chi connectivity index (χ4n) is 1.92. The van der Waals surface area contributed by atoms with E-state index in [0.717, 1.165) is 19.6 Å². The number of nitrogens with zero attached hydrogens (tertiary/aromatic N) is 2. The van der Waals surface area contributed by atoms with Crippen LogP contribution in [0, 0.1) is 5.41 Å². The summed E-state index contributed by atoms with van der Waals surface area (Å²) in [6, 6.07) is 0. The van der Waals surface area contributed by atoms with Crippen LogP contribution in [0.2, 0.25) is 0 Å². The molecule has 20 heavy (non-hydrogen) atoms. The first-order chi connectivity index (χ1) is 9.26. The summed E-state index contributed by atoms with van der Waals surface area (Å²) >= 11 is 0. The van der Waals surface area contributed by atoms with E-state index in [1.165, 1.54) is 7.11 Å². The standard InChI is InChI=1S/C15H30N2O3/c1-7-16(8-2)11-12-17(10-9-13(18)20-6)14(19)15(3,4)5/h7-12H2,1-6H3. The summed E-state index contributed by atoms with van der Waals surface area (Å²) in [5.74, 6) is -0.201. The first kappa shape index (κ1) is 18.9. The molecular weight excluding hydrogens is 256 g/mol. The van der Waals surface area contributed by atoms with E-state index in [-0.39, 0.29) is 18.3 Å². The Hall–Kier alpha value is -1.10. The number of esters is 1. The molecule has 0 aromatic rings. The van der Waals surface area contributed by atoms with Gasteiger partial charge in [-0.2, -0.15) is 0 Å². The molecule has 0 saturated carbocycles. The summed E-state index contributed by atoms with van der Waals surface area (Å²) in [4.78, 5) is 27.7. The molecule has 0 unspecified atom stereocenters. The Labute approximate surface area is 123 Å². The lowest BCUT2D eigenvalue weighted by Crippen LogP contribution is -2.44. The van der Waals surface area contributed by atoms with E-state index in [1.807, 2.05) is 20.8 Å². The van der Waals surface area contributed by atoms with Crippen LogP contribution in [0.1, 0.15) is 41.0 Å². The van der Waals surface area contributed by atoms with Crippen LogP contribution in [0.25, 0.3) is 0 Å². The average molecular weight is 286 g/mol. The second kappa shape index (κ2) is 8.95. The van der Waals surface area contributed by atoms with Crippen molar-refractivity contribution in [1.29, 1.82) is 0 Å². The van der Waals surface area contributed by atoms with Gasteiger partial charge >= 0.3 is 5.97 Å². The van der Waals surface area contributed by atoms with Gasteiger partial charge < -0.3 is 14.5 Å². The molecule has 0 bridgehead atoms. The van der Waals surface area contributed by atoms with Gasteiger partial charge in [-0.1, -0.05) is 34.6 Å². The second-order valence-corrected chi connectivity index (χ2v) is 5.90. The first-order valence-electron chi connectivity index (χ1n) is 7.34. The van der Waals surface area contributed by atoms with E-state index in [2.05, 4.69) is 23.5 Å². The summed E-state index contributed by atoms with van der Waals surface area (Å²) in [6.07, 6.45) is 0.247. The van der Waals surface area contributed by atoms with E-state index in [0.29, 0.717) is 13.1 Å². The number of rotatable bonds is 8. The average Bonchev–Trinajstić information content (AvgIpc) is 2.40. The van der Waals surface area contributed by atoms with E-state index in [1.54, 1.807) is 4.90 Å². The Balaban J connectivity index is 4.62. The van der Waals surface area contributed by atoms with Crippen LogP contribution < -0.4 is 0 Å². The topological polar surface area (TPSA) is 49.9 Å². The molecule has 118 valence electrons. The van der Waals surface area contributed by atoms with Gasteiger partial charge in [0.05, 0.1) is 13.5 Å². The zero-order valence-corrected chi connectivity index (χ0v) is 13.9. The van der Waals surface area contributed by atoms with Gasteiger partial charge in [0.25, 0.3) is 0 Å². The number of ether oxygens (including phenoxy) is 1. The zero-order chi connectivity index (χ0) is 15.8. The highest BCUT2D eigenvalue weighted by Gasteiger charge is 2.27. The summed E-state index contributed by atoms with van der Waals surface area (Å²) in [6.45, 7) is 13.7. The minimum Gasteiger partial charge on any atom is -0.469 e. The van der Waals surface area contributed by atoms with Crippen molar-refractivity contribution in [2.24, 2.45) is 5.41 Å². The number of amides is 1. The normalized spacial score (nSPS) is 11.6. The van der Waals surface area contributed by atoms with Crippen molar-refractivity contribution in [2.45, 2.75) is 41.0 Å². The number of hydrogen-bond donors (Lipinski definition) is 0. The Morgan fingerprint density at radius 2 is 1.55 bits per heavy atom. The first-order valence-corrected chi connectivity index (χ1v) is 7.34. The van der Waals surface area contributed by atoms with Gasteiger partial charge in [-0.25, -0.2) is 0 Å². The van der Waals surface area contributed by atoms with Gasteiger partial charge in [0.15, 0.2) is 0 Å². The largest absolute Gasteiger partial charge is 0.469 e. The van der Waals surface area contributed by atoms with Crippen molar-refractivity contribution in [1.82, 2.24) is 9.80 Å². The van der Waals surface area contributed by atoms with E-state index in [4.69, 9.17) is 0 Å². The van der Waals surface area contributed by atoms with Crippen LogP contribution >= 0.6 is 0 Å². The molecule has 0 aromatic heterocycles. The lowest BCUT2D eigenvalue weighted by Gasteiger charge is -2.31. The number of hydrogen-bond acceptors (Lipinski definition) is 4. The molecule has 0 spiro atoms. The molecule has 0 heterocycles. The fraction of sp³-hybridized carbons (Fsp3) is 0.867. The molecule has 5 nitrogen and oxygen atoms in total. The second-order valence-electron chi connectivity index (χ2n) is 5.90. The molecular formula is C15H30N2O3. The molecule has 5 heteroatoms. The van der Waals surface area contributed by atoms with Crippen LogP contribution in [0.3, 0.4) is 0 Å². The van der Waals surface area contributed by atoms with Crippen molar-refractivity contribution in [3.8, 4) is 0 Å². The smallest absolute Gasteiger partial charge is 0.307 e. The summed E-state index contributed by atoms with van der Waals surface area (Å²) in [5, 5.41) is 0. The maximum absolute atomic E-state index is 12.4. The monoisotopic (exact) mass is 286 g/mol. The third kappa shape index (κ3) is 6.89. The number of likely N-dealkylation sites (N-methyl/N-ethyl adjacent to an activating group) is 1. The maximum atomic E-state index is 12.4. The Bertz CT molecular complexity index is 307. The summed E-state index contributed by atoms with van der Waals surface area (Å²) < 4.78 is 4.65. The van der Waals surface area contributed by atoms with Crippen molar-refractivity contribution >= 4 is 11.9 Å². The third-order valence-electron chi connectivity index (χ3n) is 3.32. The molecule has 0 aliphatic carbocycles. The third-order valence-corrected chi connectivity index (χ3v) is 3.32. The molecule has 0 aliphatic heterocycles. The van der Waals surface area contributed by atoms with Crippen LogP contribution in [0.5, 0.6) is 0 Å². The zero-order valence-electron chi connectivity index (χ0n) is 13.9. The quantitative estimate of drug-likeness (QED) is 0.638. The molecule has 0 aliphatic rings. The van der Waals surface area contributed by atoms with Crippen molar-refractivity contribution < 1.29 is 14.3 Å². The van der Waals surface area contributed by atoms with Crippen molar-refractivity contribution in [3.63, 3.8) is 0 Å².